The van der Waals surface area contributed by atoms with Crippen LogP contribution >= 0.6 is 0 Å². The molecule has 0 saturated carbocycles. The summed E-state index contributed by atoms with van der Waals surface area (Å²) >= 11 is 0. The minimum Gasteiger partial charge on any atom is -0.384 e. The second kappa shape index (κ2) is 7.24. The van der Waals surface area contributed by atoms with Crippen molar-refractivity contribution in [2.45, 2.75) is 52.0 Å². The van der Waals surface area contributed by atoms with Crippen LogP contribution < -0.4 is 5.32 Å². The average Bonchev–Trinajstić information content (AvgIpc) is 2.40. The molecule has 0 bridgehead atoms. The topological polar surface area (TPSA) is 21.3 Å². The summed E-state index contributed by atoms with van der Waals surface area (Å²) in [7, 11) is 1.79. The number of nitrogens with one attached hydrogen (secondary N) is 1. The van der Waals surface area contributed by atoms with E-state index in [1.807, 2.05) is 0 Å². The molecule has 0 aliphatic carbocycles. The van der Waals surface area contributed by atoms with Crippen molar-refractivity contribution in [3.05, 3.63) is 35.9 Å². The fourth-order valence-corrected chi connectivity index (χ4v) is 2.84. The molecule has 2 nitrogen and oxygen atoms in total. The molecule has 20 heavy (non-hydrogen) atoms. The highest BCUT2D eigenvalue weighted by Crippen LogP contribution is 2.36. The smallest absolute Gasteiger partial charge is 0.0496 e. The number of hydrogen-bond acceptors (Lipinski definition) is 2. The number of benzene rings is 1. The van der Waals surface area contributed by atoms with Crippen molar-refractivity contribution in [2.75, 3.05) is 20.3 Å². The van der Waals surface area contributed by atoms with Crippen molar-refractivity contribution in [3.63, 3.8) is 0 Å². The normalized spacial score (nSPS) is 16.7. The van der Waals surface area contributed by atoms with Crippen molar-refractivity contribution in [3.8, 4) is 0 Å². The van der Waals surface area contributed by atoms with Crippen LogP contribution in [0.15, 0.2) is 30.3 Å². The lowest BCUT2D eigenvalue weighted by atomic mass is 9.69. The molecule has 114 valence electrons. The molecule has 1 aromatic rings. The Kier molecular flexibility index (Phi) is 6.22. The van der Waals surface area contributed by atoms with Crippen molar-refractivity contribution in [1.82, 2.24) is 5.32 Å². The van der Waals surface area contributed by atoms with E-state index in [2.05, 4.69) is 70.3 Å². The maximum Gasteiger partial charge on any atom is 0.0496 e. The van der Waals surface area contributed by atoms with E-state index in [0.717, 1.165) is 19.6 Å². The highest BCUT2D eigenvalue weighted by atomic mass is 16.5. The van der Waals surface area contributed by atoms with Gasteiger partial charge in [-0.25, -0.2) is 0 Å². The largest absolute Gasteiger partial charge is 0.384 e. The van der Waals surface area contributed by atoms with E-state index in [9.17, 15) is 0 Å². The van der Waals surface area contributed by atoms with Gasteiger partial charge in [-0.15, -0.1) is 0 Å². The first-order chi connectivity index (χ1) is 9.35. The third-order valence-electron chi connectivity index (χ3n) is 4.27. The zero-order valence-corrected chi connectivity index (χ0v) is 14.0. The molecule has 2 unspecified atom stereocenters. The van der Waals surface area contributed by atoms with Crippen LogP contribution in [0.1, 0.15) is 46.6 Å². The molecule has 0 heterocycles. The number of hydrogen-bond donors (Lipinski definition) is 1. The van der Waals surface area contributed by atoms with Crippen molar-refractivity contribution < 1.29 is 4.74 Å². The second-order valence-corrected chi connectivity index (χ2v) is 6.84. The van der Waals surface area contributed by atoms with Crippen LogP contribution in [-0.2, 0) is 10.2 Å². The number of methoxy groups -OCH3 is 1. The fraction of sp³-hybridized carbons (Fsp3) is 0.667. The van der Waals surface area contributed by atoms with Gasteiger partial charge in [-0.2, -0.15) is 0 Å². The van der Waals surface area contributed by atoms with Gasteiger partial charge in [0.2, 0.25) is 0 Å². The van der Waals surface area contributed by atoms with Crippen LogP contribution in [0.2, 0.25) is 0 Å². The Morgan fingerprint density at radius 2 is 1.75 bits per heavy atom. The number of ether oxygens (including phenoxy) is 1. The average molecular weight is 277 g/mol. The minimum absolute atomic E-state index is 0.116. The van der Waals surface area contributed by atoms with E-state index >= 15 is 0 Å². The van der Waals surface area contributed by atoms with Gasteiger partial charge < -0.3 is 10.1 Å². The minimum atomic E-state index is 0.116. The predicted octanol–water partition coefficient (Wildman–Crippen LogP) is 4.01. The molecule has 1 rings (SSSR count). The van der Waals surface area contributed by atoms with Crippen LogP contribution in [-0.4, -0.2) is 25.8 Å². The van der Waals surface area contributed by atoms with E-state index in [-0.39, 0.29) is 11.0 Å². The Morgan fingerprint density at radius 1 is 1.15 bits per heavy atom. The SMILES string of the molecule is CCC(CNC(C)(C)C)(c1ccccc1)C(C)COC. The highest BCUT2D eigenvalue weighted by Gasteiger charge is 2.36. The lowest BCUT2D eigenvalue weighted by Crippen LogP contribution is -2.49. The van der Waals surface area contributed by atoms with Crippen LogP contribution in [0.25, 0.3) is 0 Å². The molecule has 0 aliphatic heterocycles. The van der Waals surface area contributed by atoms with Gasteiger partial charge in [0, 0.05) is 31.2 Å². The molecule has 1 aromatic carbocycles. The zero-order valence-electron chi connectivity index (χ0n) is 14.0. The van der Waals surface area contributed by atoms with E-state index in [1.165, 1.54) is 5.56 Å². The van der Waals surface area contributed by atoms with Crippen molar-refractivity contribution >= 4 is 0 Å². The Hall–Kier alpha value is -0.860. The highest BCUT2D eigenvalue weighted by molar-refractivity contribution is 5.27. The number of rotatable bonds is 7. The maximum absolute atomic E-state index is 5.44. The third-order valence-corrected chi connectivity index (χ3v) is 4.27. The lowest BCUT2D eigenvalue weighted by molar-refractivity contribution is 0.105. The van der Waals surface area contributed by atoms with Gasteiger partial charge in [-0.1, -0.05) is 44.2 Å². The summed E-state index contributed by atoms with van der Waals surface area (Å²) < 4.78 is 5.44. The molecule has 0 spiro atoms. The summed E-state index contributed by atoms with van der Waals surface area (Å²) in [5, 5.41) is 3.70. The van der Waals surface area contributed by atoms with E-state index in [1.54, 1.807) is 7.11 Å². The van der Waals surface area contributed by atoms with Crippen molar-refractivity contribution in [1.29, 1.82) is 0 Å². The molecular formula is C18H31NO. The molecule has 0 radical (unpaired) electrons. The molecule has 0 amide bonds. The van der Waals surface area contributed by atoms with Crippen molar-refractivity contribution in [2.24, 2.45) is 5.92 Å². The summed E-state index contributed by atoms with van der Waals surface area (Å²) in [6.45, 7) is 13.0. The molecular weight excluding hydrogens is 246 g/mol. The van der Waals surface area contributed by atoms with E-state index < -0.39 is 0 Å². The van der Waals surface area contributed by atoms with E-state index in [0.29, 0.717) is 5.92 Å². The van der Waals surface area contributed by atoms with Crippen LogP contribution in [0.3, 0.4) is 0 Å². The predicted molar refractivity (Wildman–Crippen MR) is 87.2 cm³/mol. The van der Waals surface area contributed by atoms with Crippen LogP contribution in [0.5, 0.6) is 0 Å². The van der Waals surface area contributed by atoms with Gasteiger partial charge in [0.25, 0.3) is 0 Å². The summed E-state index contributed by atoms with van der Waals surface area (Å²) in [4.78, 5) is 0. The Balaban J connectivity index is 3.09. The zero-order chi connectivity index (χ0) is 15.2. The first-order valence-corrected chi connectivity index (χ1v) is 7.65. The lowest BCUT2D eigenvalue weighted by Gasteiger charge is -2.41. The van der Waals surface area contributed by atoms with Crippen LogP contribution in [0, 0.1) is 5.92 Å². The summed E-state index contributed by atoms with van der Waals surface area (Å²) in [6, 6.07) is 10.9. The molecule has 0 saturated heterocycles. The second-order valence-electron chi connectivity index (χ2n) is 6.84. The summed E-state index contributed by atoms with van der Waals surface area (Å²) in [5.74, 6) is 0.467. The molecule has 0 aliphatic rings. The van der Waals surface area contributed by atoms with Gasteiger partial charge in [-0.3, -0.25) is 0 Å². The first kappa shape index (κ1) is 17.2. The van der Waals surface area contributed by atoms with Gasteiger partial charge >= 0.3 is 0 Å². The Morgan fingerprint density at radius 3 is 2.20 bits per heavy atom. The quantitative estimate of drug-likeness (QED) is 0.813. The summed E-state index contributed by atoms with van der Waals surface area (Å²) in [6.07, 6.45) is 1.10. The van der Waals surface area contributed by atoms with Gasteiger partial charge in [0.1, 0.15) is 0 Å². The summed E-state index contributed by atoms with van der Waals surface area (Å²) in [5.41, 5.74) is 1.65. The Bertz CT molecular complexity index is 382. The van der Waals surface area contributed by atoms with E-state index in [4.69, 9.17) is 4.74 Å². The molecule has 0 fully saturated rings. The first-order valence-electron chi connectivity index (χ1n) is 7.65. The third kappa shape index (κ3) is 4.32. The Labute approximate surface area is 124 Å². The molecule has 2 heteroatoms. The van der Waals surface area contributed by atoms with Gasteiger partial charge in [0.15, 0.2) is 0 Å². The molecule has 2 atom stereocenters. The fourth-order valence-electron chi connectivity index (χ4n) is 2.84. The standard InChI is InChI=1S/C18H31NO/c1-7-18(15(2)13-20-6,14-19-17(3,4)5)16-11-9-8-10-12-16/h8-12,15,19H,7,13-14H2,1-6H3. The molecule has 1 N–H and O–H groups in total. The monoisotopic (exact) mass is 277 g/mol. The molecule has 0 aromatic heterocycles. The maximum atomic E-state index is 5.44. The van der Waals surface area contributed by atoms with Gasteiger partial charge in [-0.05, 0) is 38.7 Å². The van der Waals surface area contributed by atoms with Crippen LogP contribution in [0.4, 0.5) is 0 Å². The van der Waals surface area contributed by atoms with Gasteiger partial charge in [0.05, 0.1) is 0 Å².